The second-order valence-corrected chi connectivity index (χ2v) is 6.58. The number of nitrogens with one attached hydrogen (secondary N) is 1. The van der Waals surface area contributed by atoms with Crippen molar-refractivity contribution in [1.82, 2.24) is 14.5 Å². The normalized spacial score (nSPS) is 10.6. The molecule has 7 heteroatoms. The SMILES string of the molecule is Cc1c[nH]c(=O)n1-c1ccc(C(=O)N(C)CCOc2ccc(Cl)cc2)cc1. The first kappa shape index (κ1) is 18.8. The summed E-state index contributed by atoms with van der Waals surface area (Å²) < 4.78 is 7.17. The van der Waals surface area contributed by atoms with Crippen LogP contribution < -0.4 is 10.4 Å². The number of aromatic nitrogens is 2. The summed E-state index contributed by atoms with van der Waals surface area (Å²) in [7, 11) is 1.72. The van der Waals surface area contributed by atoms with Crippen LogP contribution in [0.15, 0.2) is 59.5 Å². The van der Waals surface area contributed by atoms with Crippen LogP contribution >= 0.6 is 11.6 Å². The zero-order chi connectivity index (χ0) is 19.4. The van der Waals surface area contributed by atoms with Crippen LogP contribution in [0.4, 0.5) is 0 Å². The summed E-state index contributed by atoms with van der Waals surface area (Å²) in [6.07, 6.45) is 1.65. The van der Waals surface area contributed by atoms with Crippen molar-refractivity contribution < 1.29 is 9.53 Å². The molecule has 0 saturated heterocycles. The number of amides is 1. The van der Waals surface area contributed by atoms with E-state index in [1.807, 2.05) is 6.92 Å². The first-order valence-electron chi connectivity index (χ1n) is 8.47. The average Bonchev–Trinajstić information content (AvgIpc) is 3.01. The van der Waals surface area contributed by atoms with E-state index in [0.29, 0.717) is 35.2 Å². The van der Waals surface area contributed by atoms with Crippen LogP contribution in [0.2, 0.25) is 5.02 Å². The molecule has 0 aliphatic heterocycles. The Bertz CT molecular complexity index is 975. The van der Waals surface area contributed by atoms with Gasteiger partial charge in [-0.2, -0.15) is 0 Å². The molecule has 3 rings (SSSR count). The maximum Gasteiger partial charge on any atom is 0.330 e. The minimum atomic E-state index is -0.206. The molecule has 1 heterocycles. The van der Waals surface area contributed by atoms with E-state index in [0.717, 1.165) is 5.69 Å². The Labute approximate surface area is 162 Å². The van der Waals surface area contributed by atoms with Gasteiger partial charge in [0, 0.05) is 29.5 Å². The van der Waals surface area contributed by atoms with Gasteiger partial charge in [-0.1, -0.05) is 11.6 Å². The molecule has 0 atom stereocenters. The molecule has 1 amide bonds. The van der Waals surface area contributed by atoms with E-state index in [1.54, 1.807) is 71.2 Å². The monoisotopic (exact) mass is 385 g/mol. The maximum absolute atomic E-state index is 12.5. The molecule has 27 heavy (non-hydrogen) atoms. The molecule has 0 aliphatic rings. The van der Waals surface area contributed by atoms with Gasteiger partial charge in [-0.15, -0.1) is 0 Å². The average molecular weight is 386 g/mol. The zero-order valence-electron chi connectivity index (χ0n) is 15.1. The van der Waals surface area contributed by atoms with Crippen molar-refractivity contribution in [2.75, 3.05) is 20.2 Å². The zero-order valence-corrected chi connectivity index (χ0v) is 15.9. The largest absolute Gasteiger partial charge is 0.492 e. The van der Waals surface area contributed by atoms with Crippen LogP contribution in [0.1, 0.15) is 16.1 Å². The van der Waals surface area contributed by atoms with Gasteiger partial charge in [0.05, 0.1) is 12.2 Å². The molecule has 0 aliphatic carbocycles. The van der Waals surface area contributed by atoms with Gasteiger partial charge < -0.3 is 14.6 Å². The number of H-pyrrole nitrogens is 1. The number of likely N-dealkylation sites (N-methyl/N-ethyl adjacent to an activating group) is 1. The molecule has 0 spiro atoms. The summed E-state index contributed by atoms with van der Waals surface area (Å²) in [5.74, 6) is 0.594. The summed E-state index contributed by atoms with van der Waals surface area (Å²) in [5.41, 5.74) is 1.86. The molecule has 6 nitrogen and oxygen atoms in total. The Morgan fingerprint density at radius 2 is 1.81 bits per heavy atom. The molecule has 0 bridgehead atoms. The van der Waals surface area contributed by atoms with Crippen molar-refractivity contribution in [3.05, 3.63) is 81.5 Å². The second-order valence-electron chi connectivity index (χ2n) is 6.15. The lowest BCUT2D eigenvalue weighted by Crippen LogP contribution is -2.30. The highest BCUT2D eigenvalue weighted by Crippen LogP contribution is 2.15. The molecule has 0 unspecified atom stereocenters. The van der Waals surface area contributed by atoms with Crippen molar-refractivity contribution in [2.45, 2.75) is 6.92 Å². The molecule has 0 saturated carbocycles. The standard InChI is InChI=1S/C20H20ClN3O3/c1-14-13-22-20(26)24(14)17-7-3-15(4-8-17)19(25)23(2)11-12-27-18-9-5-16(21)6-10-18/h3-10,13H,11-12H2,1-2H3,(H,22,26). The molecule has 1 N–H and O–H groups in total. The fourth-order valence-electron chi connectivity index (χ4n) is 2.68. The number of aromatic amines is 1. The van der Waals surface area contributed by atoms with Crippen LogP contribution in [-0.2, 0) is 0 Å². The van der Waals surface area contributed by atoms with E-state index in [1.165, 1.54) is 0 Å². The molecule has 2 aromatic carbocycles. The molecule has 1 aromatic heterocycles. The van der Waals surface area contributed by atoms with Gasteiger partial charge in [0.2, 0.25) is 0 Å². The van der Waals surface area contributed by atoms with Crippen LogP contribution in [0.3, 0.4) is 0 Å². The molecule has 140 valence electrons. The van der Waals surface area contributed by atoms with Gasteiger partial charge in [-0.25, -0.2) is 4.79 Å². The highest BCUT2D eigenvalue weighted by atomic mass is 35.5. The highest BCUT2D eigenvalue weighted by Gasteiger charge is 2.12. The van der Waals surface area contributed by atoms with E-state index in [4.69, 9.17) is 16.3 Å². The third-order valence-electron chi connectivity index (χ3n) is 4.19. The topological polar surface area (TPSA) is 67.3 Å². The highest BCUT2D eigenvalue weighted by molar-refractivity contribution is 6.30. The number of hydrogen-bond donors (Lipinski definition) is 1. The van der Waals surface area contributed by atoms with Crippen LogP contribution in [-0.4, -0.2) is 40.6 Å². The van der Waals surface area contributed by atoms with Crippen LogP contribution in [0.25, 0.3) is 5.69 Å². The number of ether oxygens (including phenoxy) is 1. The van der Waals surface area contributed by atoms with Crippen LogP contribution in [0.5, 0.6) is 5.75 Å². The number of imidazole rings is 1. The van der Waals surface area contributed by atoms with Crippen LogP contribution in [0, 0.1) is 6.92 Å². The first-order valence-corrected chi connectivity index (χ1v) is 8.85. The molecular formula is C20H20ClN3O3. The number of hydrogen-bond acceptors (Lipinski definition) is 3. The number of benzene rings is 2. The minimum Gasteiger partial charge on any atom is -0.492 e. The van der Waals surface area contributed by atoms with E-state index in [-0.39, 0.29) is 11.6 Å². The van der Waals surface area contributed by atoms with Gasteiger partial charge in [0.15, 0.2) is 0 Å². The van der Waals surface area contributed by atoms with Crippen molar-refractivity contribution in [2.24, 2.45) is 0 Å². The van der Waals surface area contributed by atoms with Gasteiger partial charge >= 0.3 is 5.69 Å². The fourth-order valence-corrected chi connectivity index (χ4v) is 2.81. The lowest BCUT2D eigenvalue weighted by atomic mass is 10.2. The summed E-state index contributed by atoms with van der Waals surface area (Å²) in [4.78, 5) is 28.6. The summed E-state index contributed by atoms with van der Waals surface area (Å²) in [6, 6.07) is 14.0. The Balaban J connectivity index is 1.59. The van der Waals surface area contributed by atoms with Gasteiger partial charge in [-0.05, 0) is 55.5 Å². The van der Waals surface area contributed by atoms with E-state index in [2.05, 4.69) is 4.98 Å². The Morgan fingerprint density at radius 1 is 1.15 bits per heavy atom. The van der Waals surface area contributed by atoms with Gasteiger partial charge in [-0.3, -0.25) is 9.36 Å². The number of aryl methyl sites for hydroxylation is 1. The minimum absolute atomic E-state index is 0.112. The Hall–Kier alpha value is -2.99. The molecule has 0 radical (unpaired) electrons. The number of carbonyl (C=O) groups excluding carboxylic acids is 1. The molecule has 3 aromatic rings. The lowest BCUT2D eigenvalue weighted by Gasteiger charge is -2.18. The lowest BCUT2D eigenvalue weighted by molar-refractivity contribution is 0.0774. The fraction of sp³-hybridized carbons (Fsp3) is 0.200. The second kappa shape index (κ2) is 8.14. The Kier molecular flexibility index (Phi) is 5.66. The van der Waals surface area contributed by atoms with E-state index >= 15 is 0 Å². The van der Waals surface area contributed by atoms with Crippen molar-refractivity contribution in [3.63, 3.8) is 0 Å². The smallest absolute Gasteiger partial charge is 0.330 e. The van der Waals surface area contributed by atoms with E-state index < -0.39 is 0 Å². The number of halogens is 1. The number of rotatable bonds is 6. The summed E-state index contributed by atoms with van der Waals surface area (Å²) >= 11 is 5.84. The van der Waals surface area contributed by atoms with Gasteiger partial charge in [0.25, 0.3) is 5.91 Å². The molecular weight excluding hydrogens is 366 g/mol. The Morgan fingerprint density at radius 3 is 2.41 bits per heavy atom. The summed E-state index contributed by atoms with van der Waals surface area (Å²) in [5, 5.41) is 0.648. The number of nitrogens with zero attached hydrogens (tertiary/aromatic N) is 2. The quantitative estimate of drug-likeness (QED) is 0.708. The third-order valence-corrected chi connectivity index (χ3v) is 4.44. The first-order chi connectivity index (χ1) is 13.0. The maximum atomic E-state index is 12.5. The molecule has 0 fully saturated rings. The predicted octanol–water partition coefficient (Wildman–Crippen LogP) is 3.28. The third kappa shape index (κ3) is 4.41. The van der Waals surface area contributed by atoms with Crippen molar-refractivity contribution in [3.8, 4) is 11.4 Å². The van der Waals surface area contributed by atoms with E-state index in [9.17, 15) is 9.59 Å². The van der Waals surface area contributed by atoms with Gasteiger partial charge in [0.1, 0.15) is 12.4 Å². The number of carbonyl (C=O) groups is 1. The predicted molar refractivity (Wildman–Crippen MR) is 105 cm³/mol. The summed E-state index contributed by atoms with van der Waals surface area (Å²) in [6.45, 7) is 2.66. The van der Waals surface area contributed by atoms with Crippen molar-refractivity contribution >= 4 is 17.5 Å². The van der Waals surface area contributed by atoms with Crippen molar-refractivity contribution in [1.29, 1.82) is 0 Å².